The number of nitrogens with one attached hydrogen (secondary N) is 2. The van der Waals surface area contributed by atoms with Crippen molar-refractivity contribution in [2.24, 2.45) is 5.73 Å². The van der Waals surface area contributed by atoms with Crippen molar-refractivity contribution < 1.29 is 17.6 Å². The highest BCUT2D eigenvalue weighted by Gasteiger charge is 2.23. The number of hydrogen-bond donors (Lipinski definition) is 3. The Balaban J connectivity index is 2.96. The van der Waals surface area contributed by atoms with Gasteiger partial charge < -0.3 is 11.1 Å². The van der Waals surface area contributed by atoms with Gasteiger partial charge >= 0.3 is 0 Å². The lowest BCUT2D eigenvalue weighted by Gasteiger charge is -2.11. The van der Waals surface area contributed by atoms with Gasteiger partial charge in [0.1, 0.15) is 10.8 Å². The second-order valence-electron chi connectivity index (χ2n) is 4.15. The maximum Gasteiger partial charge on any atom is 0.241 e. The average Bonchev–Trinajstić information content (AvgIpc) is 2.42. The van der Waals surface area contributed by atoms with E-state index in [2.05, 4.69) is 22.3 Å². The fourth-order valence-electron chi connectivity index (χ4n) is 1.53. The van der Waals surface area contributed by atoms with E-state index in [9.17, 15) is 17.6 Å². The predicted octanol–water partition coefficient (Wildman–Crippen LogP) is 0.264. The minimum atomic E-state index is -4.10. The lowest BCUT2D eigenvalue weighted by Crippen LogP contribution is -2.37. The topological polar surface area (TPSA) is 101 Å². The van der Waals surface area contributed by atoms with Gasteiger partial charge in [-0.05, 0) is 18.6 Å². The Morgan fingerprint density at radius 3 is 2.67 bits per heavy atom. The van der Waals surface area contributed by atoms with Crippen LogP contribution in [-0.4, -0.2) is 32.4 Å². The van der Waals surface area contributed by atoms with Crippen molar-refractivity contribution in [2.45, 2.75) is 18.2 Å². The van der Waals surface area contributed by atoms with Crippen LogP contribution in [0.5, 0.6) is 0 Å². The first-order chi connectivity index (χ1) is 9.79. The molecule has 21 heavy (non-hydrogen) atoms. The second kappa shape index (κ2) is 7.43. The van der Waals surface area contributed by atoms with Crippen LogP contribution in [0.3, 0.4) is 0 Å². The number of rotatable bonds is 7. The van der Waals surface area contributed by atoms with Gasteiger partial charge in [0, 0.05) is 6.54 Å². The molecule has 0 radical (unpaired) electrons. The summed E-state index contributed by atoms with van der Waals surface area (Å²) in [5.74, 6) is -1.31. The first-order valence-corrected chi connectivity index (χ1v) is 8.03. The van der Waals surface area contributed by atoms with Crippen molar-refractivity contribution in [2.75, 3.05) is 13.1 Å². The second-order valence-corrected chi connectivity index (χ2v) is 6.33. The molecule has 0 aliphatic heterocycles. The monoisotopic (exact) mass is 333 g/mol. The summed E-state index contributed by atoms with van der Waals surface area (Å²) < 4.78 is 40.0. The Hall–Kier alpha value is -1.58. The van der Waals surface area contributed by atoms with Crippen LogP contribution in [-0.2, 0) is 14.8 Å². The number of halogens is 1. The molecule has 0 aliphatic carbocycles. The van der Waals surface area contributed by atoms with Gasteiger partial charge in [0.05, 0.1) is 17.0 Å². The van der Waals surface area contributed by atoms with Crippen molar-refractivity contribution in [3.05, 3.63) is 29.6 Å². The fraction of sp³-hybridized carbons (Fsp3) is 0.333. The van der Waals surface area contributed by atoms with Crippen LogP contribution in [0.1, 0.15) is 18.9 Å². The number of sulfonamides is 1. The van der Waals surface area contributed by atoms with Crippen molar-refractivity contribution in [1.29, 1.82) is 0 Å². The fourth-order valence-corrected chi connectivity index (χ4v) is 3.02. The molecule has 0 heterocycles. The highest BCUT2D eigenvalue weighted by molar-refractivity contribution is 7.89. The first kappa shape index (κ1) is 17.5. The standard InChI is InChI=1S/C12H16FN3O3S2/c1-2-6-15-10(17)7-16-21(18,19)9-5-3-4-8(13)11(9)12(14)20/h3-5,16H,2,6-7H2,1H3,(H2,14,20)(H,15,17). The molecule has 1 amide bonds. The van der Waals surface area contributed by atoms with Crippen LogP contribution in [0.15, 0.2) is 23.1 Å². The maximum absolute atomic E-state index is 13.7. The molecule has 0 atom stereocenters. The number of carbonyl (C=O) groups excluding carboxylic acids is 1. The van der Waals surface area contributed by atoms with E-state index in [1.807, 2.05) is 6.92 Å². The van der Waals surface area contributed by atoms with Gasteiger partial charge in [0.25, 0.3) is 0 Å². The summed E-state index contributed by atoms with van der Waals surface area (Å²) in [6, 6.07) is 3.45. The van der Waals surface area contributed by atoms with Crippen LogP contribution in [0.4, 0.5) is 4.39 Å². The number of carbonyl (C=O) groups is 1. The lowest BCUT2D eigenvalue weighted by molar-refractivity contribution is -0.119. The van der Waals surface area contributed by atoms with E-state index < -0.39 is 33.2 Å². The highest BCUT2D eigenvalue weighted by atomic mass is 32.2. The maximum atomic E-state index is 13.7. The molecular formula is C12H16FN3O3S2. The molecule has 0 aliphatic rings. The molecule has 0 bridgehead atoms. The largest absolute Gasteiger partial charge is 0.389 e. The van der Waals surface area contributed by atoms with Crippen molar-refractivity contribution in [3.63, 3.8) is 0 Å². The van der Waals surface area contributed by atoms with E-state index in [0.717, 1.165) is 12.5 Å². The summed E-state index contributed by atoms with van der Waals surface area (Å²) in [5, 5.41) is 2.51. The SMILES string of the molecule is CCCNC(=O)CNS(=O)(=O)c1cccc(F)c1C(N)=S. The van der Waals surface area contributed by atoms with E-state index in [1.165, 1.54) is 12.1 Å². The van der Waals surface area contributed by atoms with Gasteiger partial charge in [0.15, 0.2) is 0 Å². The zero-order valence-corrected chi connectivity index (χ0v) is 13.0. The molecule has 1 aromatic rings. The molecule has 0 unspecified atom stereocenters. The Labute approximate surface area is 128 Å². The number of thiocarbonyl (C=S) groups is 1. The number of benzene rings is 1. The van der Waals surface area contributed by atoms with Gasteiger partial charge in [0.2, 0.25) is 15.9 Å². The molecule has 0 saturated carbocycles. The minimum absolute atomic E-state index is 0.367. The Morgan fingerprint density at radius 2 is 2.10 bits per heavy atom. The van der Waals surface area contributed by atoms with E-state index in [4.69, 9.17) is 5.73 Å². The normalized spacial score (nSPS) is 11.1. The van der Waals surface area contributed by atoms with E-state index in [0.29, 0.717) is 6.54 Å². The quantitative estimate of drug-likeness (QED) is 0.622. The van der Waals surface area contributed by atoms with Gasteiger partial charge in [-0.1, -0.05) is 25.2 Å². The van der Waals surface area contributed by atoms with Crippen LogP contribution >= 0.6 is 12.2 Å². The zero-order chi connectivity index (χ0) is 16.0. The van der Waals surface area contributed by atoms with Crippen LogP contribution in [0.2, 0.25) is 0 Å². The van der Waals surface area contributed by atoms with Crippen molar-refractivity contribution in [3.8, 4) is 0 Å². The Morgan fingerprint density at radius 1 is 1.43 bits per heavy atom. The summed E-state index contributed by atoms with van der Waals surface area (Å²) in [5.41, 5.74) is 4.99. The smallest absolute Gasteiger partial charge is 0.241 e. The third-order valence-corrected chi connectivity index (χ3v) is 4.15. The molecule has 6 nitrogen and oxygen atoms in total. The molecule has 1 aromatic carbocycles. The van der Waals surface area contributed by atoms with Gasteiger partial charge in [-0.25, -0.2) is 17.5 Å². The summed E-state index contributed by atoms with van der Waals surface area (Å²) in [6.45, 7) is 1.86. The van der Waals surface area contributed by atoms with Crippen LogP contribution in [0.25, 0.3) is 0 Å². The Bertz CT molecular complexity index is 647. The molecule has 0 spiro atoms. The number of hydrogen-bond acceptors (Lipinski definition) is 4. The van der Waals surface area contributed by atoms with Gasteiger partial charge in [-0.2, -0.15) is 0 Å². The van der Waals surface area contributed by atoms with Gasteiger partial charge in [-0.15, -0.1) is 0 Å². The molecule has 116 valence electrons. The van der Waals surface area contributed by atoms with Crippen molar-refractivity contribution >= 4 is 33.1 Å². The zero-order valence-electron chi connectivity index (χ0n) is 11.3. The Kier molecular flexibility index (Phi) is 6.19. The summed E-state index contributed by atoms with van der Waals surface area (Å²) >= 11 is 4.67. The molecule has 4 N–H and O–H groups in total. The van der Waals surface area contributed by atoms with E-state index >= 15 is 0 Å². The number of amides is 1. The van der Waals surface area contributed by atoms with E-state index in [-0.39, 0.29) is 10.6 Å². The van der Waals surface area contributed by atoms with E-state index in [1.54, 1.807) is 0 Å². The minimum Gasteiger partial charge on any atom is -0.389 e. The summed E-state index contributed by atoms with van der Waals surface area (Å²) in [4.78, 5) is 10.6. The first-order valence-electron chi connectivity index (χ1n) is 6.14. The van der Waals surface area contributed by atoms with Crippen LogP contribution in [0, 0.1) is 5.82 Å². The van der Waals surface area contributed by atoms with Gasteiger partial charge in [-0.3, -0.25) is 4.79 Å². The average molecular weight is 333 g/mol. The molecule has 9 heteroatoms. The lowest BCUT2D eigenvalue weighted by atomic mass is 10.2. The molecule has 1 rings (SSSR count). The van der Waals surface area contributed by atoms with Crippen molar-refractivity contribution in [1.82, 2.24) is 10.0 Å². The number of nitrogens with two attached hydrogens (primary N) is 1. The molecular weight excluding hydrogens is 317 g/mol. The highest BCUT2D eigenvalue weighted by Crippen LogP contribution is 2.18. The third kappa shape index (κ3) is 4.73. The van der Waals surface area contributed by atoms with Crippen LogP contribution < -0.4 is 15.8 Å². The predicted molar refractivity (Wildman–Crippen MR) is 80.8 cm³/mol. The molecule has 0 saturated heterocycles. The molecule has 0 aromatic heterocycles. The third-order valence-electron chi connectivity index (χ3n) is 2.51. The summed E-state index contributed by atoms with van der Waals surface area (Å²) in [7, 11) is -4.10. The molecule has 0 fully saturated rings. The summed E-state index contributed by atoms with van der Waals surface area (Å²) in [6.07, 6.45) is 0.730.